The summed E-state index contributed by atoms with van der Waals surface area (Å²) in [4.78, 5) is 26.5. The molecular formula is C19H20N2O3. The maximum atomic E-state index is 12.5. The average Bonchev–Trinajstić information content (AvgIpc) is 2.97. The molecule has 1 atom stereocenters. The van der Waals surface area contributed by atoms with Gasteiger partial charge in [-0.1, -0.05) is 36.4 Å². The summed E-state index contributed by atoms with van der Waals surface area (Å²) in [5, 5.41) is 2.84. The molecule has 24 heavy (non-hydrogen) atoms. The molecule has 0 radical (unpaired) electrons. The molecule has 1 aliphatic heterocycles. The zero-order valence-corrected chi connectivity index (χ0v) is 13.6. The van der Waals surface area contributed by atoms with Crippen molar-refractivity contribution >= 4 is 17.5 Å². The molecule has 1 unspecified atom stereocenters. The number of nitrogens with one attached hydrogen (secondary N) is 1. The van der Waals surface area contributed by atoms with Crippen LogP contribution in [0.25, 0.3) is 0 Å². The van der Waals surface area contributed by atoms with Gasteiger partial charge in [0.1, 0.15) is 11.8 Å². The van der Waals surface area contributed by atoms with Gasteiger partial charge in [0.05, 0.1) is 13.5 Å². The van der Waals surface area contributed by atoms with Crippen LogP contribution in [0, 0.1) is 0 Å². The molecule has 3 rings (SSSR count). The third-order valence-corrected chi connectivity index (χ3v) is 4.15. The SMILES string of the molecule is COc1ccccc1CC(=O)NC1CCN(c2ccccc2)C1=O. The normalized spacial score (nSPS) is 17.0. The van der Waals surface area contributed by atoms with Crippen molar-refractivity contribution in [1.29, 1.82) is 0 Å². The lowest BCUT2D eigenvalue weighted by Crippen LogP contribution is -2.42. The first-order valence-electron chi connectivity index (χ1n) is 7.96. The third kappa shape index (κ3) is 3.40. The lowest BCUT2D eigenvalue weighted by Gasteiger charge is -2.17. The van der Waals surface area contributed by atoms with E-state index in [2.05, 4.69) is 5.32 Å². The zero-order chi connectivity index (χ0) is 16.9. The van der Waals surface area contributed by atoms with Crippen LogP contribution in [0.4, 0.5) is 5.69 Å². The van der Waals surface area contributed by atoms with Crippen LogP contribution in [0.3, 0.4) is 0 Å². The Morgan fingerprint density at radius 3 is 2.62 bits per heavy atom. The number of carbonyl (C=O) groups is 2. The molecule has 1 fully saturated rings. The number of hydrogen-bond acceptors (Lipinski definition) is 3. The Labute approximate surface area is 141 Å². The van der Waals surface area contributed by atoms with E-state index in [1.807, 2.05) is 54.6 Å². The lowest BCUT2D eigenvalue weighted by molar-refractivity contribution is -0.126. The average molecular weight is 324 g/mol. The van der Waals surface area contributed by atoms with E-state index >= 15 is 0 Å². The number of carbonyl (C=O) groups excluding carboxylic acids is 2. The zero-order valence-electron chi connectivity index (χ0n) is 13.6. The van der Waals surface area contributed by atoms with Crippen LogP contribution in [0.5, 0.6) is 5.75 Å². The summed E-state index contributed by atoms with van der Waals surface area (Å²) < 4.78 is 5.26. The number of amides is 2. The Balaban J connectivity index is 1.62. The van der Waals surface area contributed by atoms with E-state index in [4.69, 9.17) is 4.74 Å². The second kappa shape index (κ2) is 7.17. The summed E-state index contributed by atoms with van der Waals surface area (Å²) >= 11 is 0. The van der Waals surface area contributed by atoms with Crippen molar-refractivity contribution in [3.05, 3.63) is 60.2 Å². The van der Waals surface area contributed by atoms with Gasteiger partial charge in [0.25, 0.3) is 0 Å². The van der Waals surface area contributed by atoms with E-state index in [1.54, 1.807) is 12.0 Å². The summed E-state index contributed by atoms with van der Waals surface area (Å²) in [5.74, 6) is 0.443. The highest BCUT2D eigenvalue weighted by atomic mass is 16.5. The van der Waals surface area contributed by atoms with E-state index in [1.165, 1.54) is 0 Å². The van der Waals surface area contributed by atoms with E-state index < -0.39 is 6.04 Å². The highest BCUT2D eigenvalue weighted by molar-refractivity contribution is 6.01. The number of para-hydroxylation sites is 2. The first-order chi connectivity index (χ1) is 11.7. The molecule has 0 spiro atoms. The Morgan fingerprint density at radius 2 is 1.88 bits per heavy atom. The minimum absolute atomic E-state index is 0.0606. The molecule has 2 aromatic rings. The molecule has 2 aromatic carbocycles. The predicted octanol–water partition coefficient (Wildman–Crippen LogP) is 2.16. The minimum Gasteiger partial charge on any atom is -0.496 e. The first kappa shape index (κ1) is 16.1. The van der Waals surface area contributed by atoms with E-state index in [-0.39, 0.29) is 18.2 Å². The third-order valence-electron chi connectivity index (χ3n) is 4.15. The molecule has 1 heterocycles. The fraction of sp³-hybridized carbons (Fsp3) is 0.263. The molecule has 0 aliphatic carbocycles. The maximum absolute atomic E-state index is 12.5. The van der Waals surface area contributed by atoms with Crippen molar-refractivity contribution < 1.29 is 14.3 Å². The van der Waals surface area contributed by atoms with Gasteiger partial charge in [-0.15, -0.1) is 0 Å². The number of anilines is 1. The quantitative estimate of drug-likeness (QED) is 0.917. The number of nitrogens with zero attached hydrogens (tertiary/aromatic N) is 1. The topological polar surface area (TPSA) is 58.6 Å². The molecular weight excluding hydrogens is 304 g/mol. The molecule has 1 aliphatic rings. The van der Waals surface area contributed by atoms with Gasteiger partial charge in [-0.25, -0.2) is 0 Å². The molecule has 5 heteroatoms. The van der Waals surface area contributed by atoms with Crippen LogP contribution >= 0.6 is 0 Å². The molecule has 124 valence electrons. The highest BCUT2D eigenvalue weighted by Crippen LogP contribution is 2.22. The molecule has 0 aromatic heterocycles. The number of methoxy groups -OCH3 is 1. The lowest BCUT2D eigenvalue weighted by atomic mass is 10.1. The second-order valence-electron chi connectivity index (χ2n) is 5.72. The van der Waals surface area contributed by atoms with Crippen LogP contribution in [-0.4, -0.2) is 31.5 Å². The van der Waals surface area contributed by atoms with Gasteiger partial charge < -0.3 is 15.0 Å². The van der Waals surface area contributed by atoms with Crippen LogP contribution < -0.4 is 15.0 Å². The molecule has 1 N–H and O–H groups in total. The van der Waals surface area contributed by atoms with Crippen molar-refractivity contribution in [2.24, 2.45) is 0 Å². The van der Waals surface area contributed by atoms with Crippen molar-refractivity contribution in [2.75, 3.05) is 18.6 Å². The minimum atomic E-state index is -0.465. The second-order valence-corrected chi connectivity index (χ2v) is 5.72. The van der Waals surface area contributed by atoms with E-state index in [0.717, 1.165) is 11.3 Å². The van der Waals surface area contributed by atoms with Gasteiger partial charge >= 0.3 is 0 Å². The molecule has 0 saturated carbocycles. The standard InChI is InChI=1S/C19H20N2O3/c1-24-17-10-6-5-7-14(17)13-18(22)20-16-11-12-21(19(16)23)15-8-3-2-4-9-15/h2-10,16H,11-13H2,1H3,(H,20,22). The monoisotopic (exact) mass is 324 g/mol. The summed E-state index contributed by atoms with van der Waals surface area (Å²) in [6.45, 7) is 0.614. The van der Waals surface area contributed by atoms with Crippen molar-refractivity contribution in [2.45, 2.75) is 18.9 Å². The predicted molar refractivity (Wildman–Crippen MR) is 92.0 cm³/mol. The Kier molecular flexibility index (Phi) is 4.79. The Morgan fingerprint density at radius 1 is 1.17 bits per heavy atom. The Bertz CT molecular complexity index is 730. The fourth-order valence-corrected chi connectivity index (χ4v) is 2.95. The van der Waals surface area contributed by atoms with Gasteiger partial charge in [-0.2, -0.15) is 0 Å². The van der Waals surface area contributed by atoms with E-state index in [0.29, 0.717) is 18.7 Å². The first-order valence-corrected chi connectivity index (χ1v) is 7.96. The van der Waals surface area contributed by atoms with Gasteiger partial charge in [0.15, 0.2) is 0 Å². The van der Waals surface area contributed by atoms with Gasteiger partial charge in [-0.3, -0.25) is 9.59 Å². The van der Waals surface area contributed by atoms with E-state index in [9.17, 15) is 9.59 Å². The summed E-state index contributed by atoms with van der Waals surface area (Å²) in [7, 11) is 1.58. The van der Waals surface area contributed by atoms with Gasteiger partial charge in [-0.05, 0) is 24.6 Å². The number of rotatable bonds is 5. The van der Waals surface area contributed by atoms with Gasteiger partial charge in [0, 0.05) is 17.8 Å². The number of hydrogen-bond donors (Lipinski definition) is 1. The molecule has 2 amide bonds. The number of ether oxygens (including phenoxy) is 1. The van der Waals surface area contributed by atoms with Gasteiger partial charge in [0.2, 0.25) is 11.8 Å². The fourth-order valence-electron chi connectivity index (χ4n) is 2.95. The summed E-state index contributed by atoms with van der Waals surface area (Å²) in [6.07, 6.45) is 0.810. The van der Waals surface area contributed by atoms with Crippen LogP contribution in [0.15, 0.2) is 54.6 Å². The van der Waals surface area contributed by atoms with Crippen LogP contribution in [0.2, 0.25) is 0 Å². The van der Waals surface area contributed by atoms with Crippen molar-refractivity contribution in [3.63, 3.8) is 0 Å². The van der Waals surface area contributed by atoms with Crippen LogP contribution in [-0.2, 0) is 16.0 Å². The molecule has 0 bridgehead atoms. The summed E-state index contributed by atoms with van der Waals surface area (Å²) in [5.41, 5.74) is 1.67. The van der Waals surface area contributed by atoms with Crippen molar-refractivity contribution in [1.82, 2.24) is 5.32 Å². The Hall–Kier alpha value is -2.82. The summed E-state index contributed by atoms with van der Waals surface area (Å²) in [6, 6.07) is 16.4. The molecule has 1 saturated heterocycles. The maximum Gasteiger partial charge on any atom is 0.249 e. The smallest absolute Gasteiger partial charge is 0.249 e. The van der Waals surface area contributed by atoms with Crippen LogP contribution in [0.1, 0.15) is 12.0 Å². The highest BCUT2D eigenvalue weighted by Gasteiger charge is 2.33. The van der Waals surface area contributed by atoms with Crippen molar-refractivity contribution in [3.8, 4) is 5.75 Å². The number of benzene rings is 2. The molecule has 5 nitrogen and oxygen atoms in total. The largest absolute Gasteiger partial charge is 0.496 e.